The second-order valence-corrected chi connectivity index (χ2v) is 12.2. The van der Waals surface area contributed by atoms with Crippen molar-refractivity contribution in [2.45, 2.75) is 78.1 Å². The van der Waals surface area contributed by atoms with Crippen LogP contribution in [0.2, 0.25) is 0 Å². The maximum absolute atomic E-state index is 12.6. The molecule has 0 aliphatic heterocycles. The third-order valence-corrected chi connectivity index (χ3v) is 8.80. The summed E-state index contributed by atoms with van der Waals surface area (Å²) in [6.07, 6.45) is 10.5. The molecule has 0 radical (unpaired) electrons. The van der Waals surface area contributed by atoms with Crippen molar-refractivity contribution >= 4 is 46.4 Å². The van der Waals surface area contributed by atoms with E-state index in [-0.39, 0.29) is 35.2 Å². The average molecular weight is 639 g/mol. The number of hydrogen-bond acceptors (Lipinski definition) is 7. The number of nitrogens with zero attached hydrogens (tertiary/aromatic N) is 2. The Morgan fingerprint density at radius 2 is 0.915 bits per heavy atom. The molecule has 4 amide bonds. The highest BCUT2D eigenvalue weighted by Gasteiger charge is 2.22. The van der Waals surface area contributed by atoms with Gasteiger partial charge in [0.25, 0.3) is 0 Å². The molecule has 5 rings (SSSR count). The molecular weight excluding hydrogens is 596 g/mol. The zero-order chi connectivity index (χ0) is 33.2. The fraction of sp³-hybridized carbons (Fsp3) is 0.389. The summed E-state index contributed by atoms with van der Waals surface area (Å²) in [5, 5.41) is 14.3. The maximum Gasteiger partial charge on any atom is 0.307 e. The van der Waals surface area contributed by atoms with E-state index in [1.165, 1.54) is 25.0 Å². The molecule has 2 aliphatic rings. The van der Waals surface area contributed by atoms with Crippen LogP contribution in [0.1, 0.15) is 110 Å². The molecule has 0 atom stereocenters. The Bertz CT molecular complexity index is 1510. The van der Waals surface area contributed by atoms with E-state index in [9.17, 15) is 19.2 Å². The van der Waals surface area contributed by atoms with E-state index in [0.717, 1.165) is 73.9 Å². The van der Waals surface area contributed by atoms with Crippen LogP contribution in [0.15, 0.2) is 75.3 Å². The van der Waals surface area contributed by atoms with E-state index in [0.29, 0.717) is 11.4 Å². The lowest BCUT2D eigenvalue weighted by Crippen LogP contribution is -2.24. The number of hydrogen-bond donors (Lipinski definition) is 4. The summed E-state index contributed by atoms with van der Waals surface area (Å²) >= 11 is 0. The second-order valence-electron chi connectivity index (χ2n) is 12.2. The van der Waals surface area contributed by atoms with Crippen LogP contribution in [-0.2, 0) is 9.59 Å². The number of hydrazone groups is 2. The highest BCUT2D eigenvalue weighted by molar-refractivity contribution is 6.02. The zero-order valence-corrected chi connectivity index (χ0v) is 26.9. The molecule has 246 valence electrons. The summed E-state index contributed by atoms with van der Waals surface area (Å²) in [7, 11) is 0. The second kappa shape index (κ2) is 16.0. The molecule has 0 spiro atoms. The largest absolute Gasteiger partial charge is 0.446 e. The molecule has 3 aromatic rings. The van der Waals surface area contributed by atoms with E-state index in [2.05, 4.69) is 31.7 Å². The van der Waals surface area contributed by atoms with Crippen LogP contribution in [0.3, 0.4) is 0 Å². The number of benzene rings is 2. The van der Waals surface area contributed by atoms with Crippen LogP contribution in [0, 0.1) is 11.8 Å². The third kappa shape index (κ3) is 9.25. The van der Waals surface area contributed by atoms with Gasteiger partial charge in [-0.05, 0) is 87.1 Å². The lowest BCUT2D eigenvalue weighted by molar-refractivity contribution is -0.121. The molecule has 1 heterocycles. The van der Waals surface area contributed by atoms with E-state index in [1.54, 1.807) is 13.8 Å². The fourth-order valence-electron chi connectivity index (χ4n) is 5.90. The van der Waals surface area contributed by atoms with Gasteiger partial charge >= 0.3 is 11.8 Å². The van der Waals surface area contributed by atoms with Crippen molar-refractivity contribution in [1.82, 2.24) is 10.9 Å². The molecule has 2 fully saturated rings. The molecule has 11 nitrogen and oxygen atoms in total. The maximum atomic E-state index is 12.6. The van der Waals surface area contributed by atoms with Gasteiger partial charge in [-0.25, -0.2) is 10.9 Å². The molecule has 47 heavy (non-hydrogen) atoms. The number of anilines is 2. The Labute approximate surface area is 274 Å². The van der Waals surface area contributed by atoms with Gasteiger partial charge in [-0.1, -0.05) is 62.8 Å². The fourth-order valence-corrected chi connectivity index (χ4v) is 5.90. The van der Waals surface area contributed by atoms with Crippen LogP contribution in [0.5, 0.6) is 0 Å². The van der Waals surface area contributed by atoms with E-state index in [4.69, 9.17) is 4.42 Å². The number of amides is 4. The minimum atomic E-state index is -0.616. The first kappa shape index (κ1) is 33.3. The summed E-state index contributed by atoms with van der Waals surface area (Å²) < 4.78 is 5.45. The van der Waals surface area contributed by atoms with Crippen LogP contribution in [-0.4, -0.2) is 35.1 Å². The van der Waals surface area contributed by atoms with Crippen LogP contribution < -0.4 is 21.5 Å². The van der Waals surface area contributed by atoms with Crippen LogP contribution in [0.25, 0.3) is 0 Å². The van der Waals surface area contributed by atoms with Crippen molar-refractivity contribution in [1.29, 1.82) is 0 Å². The Morgan fingerprint density at radius 1 is 0.553 bits per heavy atom. The molecule has 11 heteroatoms. The van der Waals surface area contributed by atoms with Crippen molar-refractivity contribution in [2.24, 2.45) is 22.0 Å². The monoisotopic (exact) mass is 638 g/mol. The quantitative estimate of drug-likeness (QED) is 0.145. The van der Waals surface area contributed by atoms with Gasteiger partial charge in [0.15, 0.2) is 11.5 Å². The molecule has 0 bridgehead atoms. The zero-order valence-electron chi connectivity index (χ0n) is 26.9. The van der Waals surface area contributed by atoms with Gasteiger partial charge in [-0.3, -0.25) is 19.2 Å². The molecule has 2 aromatic carbocycles. The first-order valence-corrected chi connectivity index (χ1v) is 16.4. The molecule has 1 aromatic heterocycles. The number of carbonyl (C=O) groups excluding carboxylic acids is 4. The predicted molar refractivity (Wildman–Crippen MR) is 181 cm³/mol. The van der Waals surface area contributed by atoms with E-state index in [1.807, 2.05) is 48.5 Å². The van der Waals surface area contributed by atoms with Gasteiger partial charge in [0.05, 0.1) is 11.4 Å². The van der Waals surface area contributed by atoms with Crippen molar-refractivity contribution in [2.75, 3.05) is 10.6 Å². The molecule has 4 N–H and O–H groups in total. The molecule has 2 saturated carbocycles. The smallest absolute Gasteiger partial charge is 0.307 e. The highest BCUT2D eigenvalue weighted by Crippen LogP contribution is 2.26. The number of carbonyl (C=O) groups is 4. The first-order chi connectivity index (χ1) is 22.8. The summed E-state index contributed by atoms with van der Waals surface area (Å²) in [5.41, 5.74) is 8.98. The van der Waals surface area contributed by atoms with Crippen molar-refractivity contribution < 1.29 is 23.6 Å². The third-order valence-electron chi connectivity index (χ3n) is 8.80. The number of furan rings is 1. The van der Waals surface area contributed by atoms with Gasteiger partial charge in [0.1, 0.15) is 0 Å². The van der Waals surface area contributed by atoms with Gasteiger partial charge in [-0.15, -0.1) is 0 Å². The minimum Gasteiger partial charge on any atom is -0.446 e. The number of nitrogens with one attached hydrogen (secondary N) is 4. The molecule has 0 saturated heterocycles. The van der Waals surface area contributed by atoms with Gasteiger partial charge < -0.3 is 15.1 Å². The standard InChI is InChI=1S/C36H42N6O5/c1-23(25-13-17-29(18-14-25)37-33(43)27-9-5-3-6-10-27)39-41-35(45)31-21-22-32(47-31)36(46)42-40-24(2)26-15-19-30(20-16-26)38-34(44)28-11-7-4-8-12-28/h13-22,27-28H,3-12H2,1-2H3,(H,37,43)(H,38,44)(H,41,45)(H,42,46)/b39-23+,40-24+. The van der Waals surface area contributed by atoms with Crippen molar-refractivity contribution in [3.05, 3.63) is 83.3 Å². The summed E-state index contributed by atoms with van der Waals surface area (Å²) in [4.78, 5) is 50.3. The molecule has 0 unspecified atom stereocenters. The van der Waals surface area contributed by atoms with Crippen LogP contribution in [0.4, 0.5) is 11.4 Å². The Balaban J connectivity index is 1.09. The lowest BCUT2D eigenvalue weighted by atomic mass is 9.88. The van der Waals surface area contributed by atoms with Crippen molar-refractivity contribution in [3.63, 3.8) is 0 Å². The Morgan fingerprint density at radius 3 is 1.28 bits per heavy atom. The highest BCUT2D eigenvalue weighted by atomic mass is 16.4. The minimum absolute atomic E-state index is 0.0608. The Hall–Kier alpha value is -5.06. The van der Waals surface area contributed by atoms with Gasteiger partial charge in [0.2, 0.25) is 11.8 Å². The first-order valence-electron chi connectivity index (χ1n) is 16.4. The lowest BCUT2D eigenvalue weighted by Gasteiger charge is -2.20. The molecular formula is C36H42N6O5. The van der Waals surface area contributed by atoms with Crippen molar-refractivity contribution in [3.8, 4) is 0 Å². The summed E-state index contributed by atoms with van der Waals surface area (Å²) in [5.74, 6) is -1.13. The molecule has 2 aliphatic carbocycles. The summed E-state index contributed by atoms with van der Waals surface area (Å²) in [6.45, 7) is 3.50. The van der Waals surface area contributed by atoms with Crippen LogP contribution >= 0.6 is 0 Å². The number of rotatable bonds is 10. The van der Waals surface area contributed by atoms with Gasteiger partial charge in [0, 0.05) is 23.2 Å². The summed E-state index contributed by atoms with van der Waals surface area (Å²) in [6, 6.07) is 17.3. The SMILES string of the molecule is C/C(=N\NC(=O)c1ccc(C(=O)N/N=C(\C)c2ccc(NC(=O)C3CCCCC3)cc2)o1)c1ccc(NC(=O)C2CCCCC2)cc1. The predicted octanol–water partition coefficient (Wildman–Crippen LogP) is 6.63. The topological polar surface area (TPSA) is 154 Å². The normalized spacial score (nSPS) is 16.3. The van der Waals surface area contributed by atoms with E-state index < -0.39 is 11.8 Å². The van der Waals surface area contributed by atoms with Gasteiger partial charge in [-0.2, -0.15) is 10.2 Å². The van der Waals surface area contributed by atoms with E-state index >= 15 is 0 Å². The Kier molecular flexibility index (Phi) is 11.3. The average Bonchev–Trinajstić information content (AvgIpc) is 3.61.